The van der Waals surface area contributed by atoms with Crippen molar-refractivity contribution in [2.24, 2.45) is 0 Å². The van der Waals surface area contributed by atoms with Gasteiger partial charge in [0.25, 0.3) is 0 Å². The number of nitrogens with one attached hydrogen (secondary N) is 1. The summed E-state index contributed by atoms with van der Waals surface area (Å²) in [5.41, 5.74) is 13.9. The zero-order chi connectivity index (χ0) is 25.1. The summed E-state index contributed by atoms with van der Waals surface area (Å²) in [7, 11) is 0. The fourth-order valence-electron chi connectivity index (χ4n) is 3.22. The number of aromatic nitrogens is 4. The van der Waals surface area contributed by atoms with E-state index < -0.39 is 0 Å². The standard InChI is InChI=1S/C25H17ClFN7OS/c26-19-9-16(5-7-21(19)35-12-14-2-1-3-15(27)8-14)34-25-22-20(31-13-32-25)10-18(36-22)6-4-17-11-30-23(28)24(29)33-17/h1-3,5,7-11,13H,12H2,(H2,28,30)(H2,29,33)(H,31,32,34). The predicted octanol–water partition coefficient (Wildman–Crippen LogP) is 5.16. The molecule has 0 unspecified atom stereocenters. The molecule has 36 heavy (non-hydrogen) atoms. The molecular formula is C25H17ClFN7OS. The molecule has 0 amide bonds. The number of nitrogens with zero attached hydrogens (tertiary/aromatic N) is 4. The molecule has 0 saturated carbocycles. The van der Waals surface area contributed by atoms with Gasteiger partial charge in [0, 0.05) is 5.69 Å². The van der Waals surface area contributed by atoms with Crippen LogP contribution in [0.5, 0.6) is 5.75 Å². The highest BCUT2D eigenvalue weighted by Gasteiger charge is 2.10. The van der Waals surface area contributed by atoms with E-state index in [0.29, 0.717) is 33.5 Å². The van der Waals surface area contributed by atoms with Crippen LogP contribution in [0, 0.1) is 17.7 Å². The Bertz CT molecular complexity index is 1650. The van der Waals surface area contributed by atoms with Crippen molar-refractivity contribution in [2.45, 2.75) is 6.61 Å². The molecule has 0 aliphatic heterocycles. The minimum atomic E-state index is -0.316. The molecule has 0 fully saturated rings. The minimum absolute atomic E-state index is 0.138. The fraction of sp³-hybridized carbons (Fsp3) is 0.0400. The Morgan fingerprint density at radius 1 is 1.03 bits per heavy atom. The molecule has 0 saturated heterocycles. The Balaban J connectivity index is 1.33. The van der Waals surface area contributed by atoms with Gasteiger partial charge >= 0.3 is 0 Å². The molecule has 178 valence electrons. The van der Waals surface area contributed by atoms with Crippen molar-refractivity contribution >= 4 is 56.3 Å². The van der Waals surface area contributed by atoms with Crippen molar-refractivity contribution in [3.05, 3.63) is 88.0 Å². The first-order chi connectivity index (χ1) is 17.4. The van der Waals surface area contributed by atoms with E-state index in [2.05, 4.69) is 37.1 Å². The molecule has 0 aliphatic rings. The number of fused-ring (bicyclic) bond motifs is 1. The van der Waals surface area contributed by atoms with Crippen molar-refractivity contribution in [2.75, 3.05) is 16.8 Å². The molecule has 0 spiro atoms. The van der Waals surface area contributed by atoms with Crippen molar-refractivity contribution in [3.8, 4) is 17.6 Å². The van der Waals surface area contributed by atoms with Crippen LogP contribution >= 0.6 is 22.9 Å². The van der Waals surface area contributed by atoms with Gasteiger partial charge in [-0.1, -0.05) is 23.7 Å². The molecule has 3 heterocycles. The fourth-order valence-corrected chi connectivity index (χ4v) is 4.37. The highest BCUT2D eigenvalue weighted by molar-refractivity contribution is 7.20. The zero-order valence-corrected chi connectivity index (χ0v) is 20.1. The van der Waals surface area contributed by atoms with Crippen molar-refractivity contribution in [1.29, 1.82) is 0 Å². The molecule has 2 aromatic carbocycles. The van der Waals surface area contributed by atoms with E-state index in [1.807, 2.05) is 12.1 Å². The lowest BCUT2D eigenvalue weighted by Gasteiger charge is -2.11. The maximum Gasteiger partial charge on any atom is 0.167 e. The van der Waals surface area contributed by atoms with Crippen LogP contribution in [-0.2, 0) is 6.61 Å². The van der Waals surface area contributed by atoms with Crippen LogP contribution in [0.2, 0.25) is 5.02 Å². The Morgan fingerprint density at radius 2 is 1.92 bits per heavy atom. The number of halogens is 2. The summed E-state index contributed by atoms with van der Waals surface area (Å²) in [6, 6.07) is 13.4. The van der Waals surface area contributed by atoms with Gasteiger partial charge in [-0.25, -0.2) is 24.3 Å². The lowest BCUT2D eigenvalue weighted by Crippen LogP contribution is -2.01. The van der Waals surface area contributed by atoms with Crippen LogP contribution in [-0.4, -0.2) is 19.9 Å². The van der Waals surface area contributed by atoms with Gasteiger partial charge in [0.05, 0.1) is 26.3 Å². The summed E-state index contributed by atoms with van der Waals surface area (Å²) in [5, 5.41) is 3.67. The maximum atomic E-state index is 13.4. The molecule has 5 N–H and O–H groups in total. The van der Waals surface area contributed by atoms with E-state index in [1.54, 1.807) is 24.3 Å². The zero-order valence-electron chi connectivity index (χ0n) is 18.5. The van der Waals surface area contributed by atoms with Gasteiger partial charge in [-0.3, -0.25) is 0 Å². The van der Waals surface area contributed by atoms with Gasteiger partial charge in [-0.15, -0.1) is 11.3 Å². The first-order valence-electron chi connectivity index (χ1n) is 10.5. The van der Waals surface area contributed by atoms with Gasteiger partial charge in [-0.05, 0) is 53.8 Å². The van der Waals surface area contributed by atoms with Gasteiger partial charge in [0.1, 0.15) is 30.2 Å². The van der Waals surface area contributed by atoms with Gasteiger partial charge in [-0.2, -0.15) is 0 Å². The monoisotopic (exact) mass is 517 g/mol. The predicted molar refractivity (Wildman–Crippen MR) is 140 cm³/mol. The van der Waals surface area contributed by atoms with Crippen molar-refractivity contribution < 1.29 is 9.13 Å². The van der Waals surface area contributed by atoms with E-state index in [0.717, 1.165) is 15.1 Å². The molecule has 8 nitrogen and oxygen atoms in total. The van der Waals surface area contributed by atoms with E-state index in [9.17, 15) is 4.39 Å². The highest BCUT2D eigenvalue weighted by atomic mass is 35.5. The number of thiophene rings is 1. The third-order valence-corrected chi connectivity index (χ3v) is 6.27. The first kappa shape index (κ1) is 23.3. The van der Waals surface area contributed by atoms with Crippen LogP contribution in [0.15, 0.2) is 61.1 Å². The molecule has 0 aliphatic carbocycles. The van der Waals surface area contributed by atoms with E-state index in [1.165, 1.54) is 36.0 Å². The second-order valence-corrected chi connectivity index (χ2v) is 8.97. The lowest BCUT2D eigenvalue weighted by molar-refractivity contribution is 0.306. The Labute approximate surface area is 214 Å². The van der Waals surface area contributed by atoms with E-state index >= 15 is 0 Å². The van der Waals surface area contributed by atoms with Crippen LogP contribution < -0.4 is 21.5 Å². The summed E-state index contributed by atoms with van der Waals surface area (Å²) in [5.74, 6) is 7.06. The average molecular weight is 518 g/mol. The normalized spacial score (nSPS) is 10.6. The van der Waals surface area contributed by atoms with Gasteiger partial charge in [0.15, 0.2) is 17.5 Å². The molecule has 11 heteroatoms. The number of anilines is 4. The largest absolute Gasteiger partial charge is 0.487 e. The summed E-state index contributed by atoms with van der Waals surface area (Å²) < 4.78 is 19.9. The van der Waals surface area contributed by atoms with Crippen molar-refractivity contribution in [3.63, 3.8) is 0 Å². The Morgan fingerprint density at radius 3 is 2.72 bits per heavy atom. The van der Waals surface area contributed by atoms with E-state index in [4.69, 9.17) is 27.8 Å². The second-order valence-electron chi connectivity index (χ2n) is 7.51. The van der Waals surface area contributed by atoms with Crippen LogP contribution in [0.4, 0.5) is 27.5 Å². The SMILES string of the molecule is Nc1ncc(C#Cc2cc3ncnc(Nc4ccc(OCc5cccc(F)c5)c(Cl)c4)c3s2)nc1N. The molecular weight excluding hydrogens is 501 g/mol. The first-order valence-corrected chi connectivity index (χ1v) is 11.7. The number of hydrogen-bond donors (Lipinski definition) is 3. The molecule has 5 rings (SSSR count). The number of hydrogen-bond acceptors (Lipinski definition) is 9. The highest BCUT2D eigenvalue weighted by Crippen LogP contribution is 2.33. The van der Waals surface area contributed by atoms with Gasteiger partial charge < -0.3 is 21.5 Å². The summed E-state index contributed by atoms with van der Waals surface area (Å²) in [6.07, 6.45) is 2.94. The van der Waals surface area contributed by atoms with E-state index in [-0.39, 0.29) is 24.1 Å². The average Bonchev–Trinajstić information content (AvgIpc) is 3.29. The second kappa shape index (κ2) is 10.0. The van der Waals surface area contributed by atoms with Gasteiger partial charge in [0.2, 0.25) is 0 Å². The number of nitrogen functional groups attached to an aromatic ring is 2. The lowest BCUT2D eigenvalue weighted by atomic mass is 10.2. The summed E-state index contributed by atoms with van der Waals surface area (Å²) >= 11 is 7.85. The number of rotatable bonds is 5. The Hall–Kier alpha value is -4.46. The summed E-state index contributed by atoms with van der Waals surface area (Å²) in [4.78, 5) is 17.5. The quantitative estimate of drug-likeness (QED) is 0.273. The third-order valence-electron chi connectivity index (χ3n) is 4.93. The number of ether oxygens (including phenoxy) is 1. The van der Waals surface area contributed by atoms with Crippen molar-refractivity contribution in [1.82, 2.24) is 19.9 Å². The molecule has 5 aromatic rings. The smallest absolute Gasteiger partial charge is 0.167 e. The maximum absolute atomic E-state index is 13.4. The molecule has 0 atom stereocenters. The summed E-state index contributed by atoms with van der Waals surface area (Å²) in [6.45, 7) is 0.199. The number of benzene rings is 2. The molecule has 3 aromatic heterocycles. The topological polar surface area (TPSA) is 125 Å². The molecule has 0 bridgehead atoms. The van der Waals surface area contributed by atoms with Crippen LogP contribution in [0.1, 0.15) is 16.1 Å². The Kier molecular flexibility index (Phi) is 6.49. The van der Waals surface area contributed by atoms with Crippen LogP contribution in [0.25, 0.3) is 10.2 Å². The van der Waals surface area contributed by atoms with Crippen LogP contribution in [0.3, 0.4) is 0 Å². The number of nitrogens with two attached hydrogens (primary N) is 2. The third kappa shape index (κ3) is 5.27. The molecule has 0 radical (unpaired) electrons. The minimum Gasteiger partial charge on any atom is -0.487 e.